The predicted octanol–water partition coefficient (Wildman–Crippen LogP) is 16.3. The van der Waals surface area contributed by atoms with Crippen LogP contribution < -0.4 is 35.9 Å². The van der Waals surface area contributed by atoms with Crippen molar-refractivity contribution in [3.63, 3.8) is 0 Å². The zero-order chi connectivity index (χ0) is 58.1. The van der Waals surface area contributed by atoms with E-state index in [1.165, 1.54) is 38.6 Å². The molecule has 2 aromatic heterocycles. The highest BCUT2D eigenvalue weighted by Crippen LogP contribution is 2.48. The minimum absolute atomic E-state index is 0.160. The molecular formula is C78H51BN9+. The van der Waals surface area contributed by atoms with Gasteiger partial charge in [-0.15, -0.1) is 24.9 Å². The Morgan fingerprint density at radius 1 is 0.295 bits per heavy atom. The molecule has 1 N–H and O–H groups in total. The van der Waals surface area contributed by atoms with Crippen molar-refractivity contribution in [3.8, 4) is 78.4 Å². The van der Waals surface area contributed by atoms with Crippen molar-refractivity contribution >= 4 is 80.7 Å². The maximum atomic E-state index is 5.27. The molecule has 0 saturated heterocycles. The second-order valence-corrected chi connectivity index (χ2v) is 22.4. The van der Waals surface area contributed by atoms with E-state index in [1.807, 2.05) is 60.7 Å². The zero-order valence-electron chi connectivity index (χ0n) is 47.5. The van der Waals surface area contributed by atoms with Crippen LogP contribution in [0.25, 0.3) is 84.2 Å². The van der Waals surface area contributed by atoms with Gasteiger partial charge in [-0.25, -0.2) is 0 Å². The average Bonchev–Trinajstić information content (AvgIpc) is 0.726. The van der Waals surface area contributed by atoms with E-state index in [0.29, 0.717) is 35.2 Å². The fourth-order valence-corrected chi connectivity index (χ4v) is 13.0. The maximum Gasteiger partial charge on any atom is 0.334 e. The molecule has 17 rings (SSSR count). The molecule has 12 aromatic carbocycles. The Hall–Kier alpha value is -11.9. The average molecular weight is 1130 g/mol. The van der Waals surface area contributed by atoms with Crippen molar-refractivity contribution in [2.24, 2.45) is 4.99 Å². The summed E-state index contributed by atoms with van der Waals surface area (Å²) in [6.07, 6.45) is 0. The van der Waals surface area contributed by atoms with E-state index >= 15 is 0 Å². The molecule has 3 aliphatic rings. The molecule has 88 heavy (non-hydrogen) atoms. The highest BCUT2D eigenvalue weighted by molar-refractivity contribution is 7.00. The molecule has 9 nitrogen and oxygen atoms in total. The van der Waals surface area contributed by atoms with Gasteiger partial charge in [0.25, 0.3) is 6.71 Å². The summed E-state index contributed by atoms with van der Waals surface area (Å²) < 4.78 is 1.79. The van der Waals surface area contributed by atoms with Crippen LogP contribution in [0.2, 0.25) is 0 Å². The van der Waals surface area contributed by atoms with Crippen LogP contribution in [-0.4, -0.2) is 32.5 Å². The van der Waals surface area contributed by atoms with Crippen molar-refractivity contribution in [2.45, 2.75) is 0 Å². The number of benzene rings is 12. The van der Waals surface area contributed by atoms with Crippen LogP contribution in [0.1, 0.15) is 5.56 Å². The van der Waals surface area contributed by atoms with Crippen molar-refractivity contribution in [1.82, 2.24) is 19.9 Å². The van der Waals surface area contributed by atoms with Crippen LogP contribution in [0.15, 0.2) is 308 Å². The van der Waals surface area contributed by atoms with Gasteiger partial charge in [-0.3, -0.25) is 5.32 Å². The SMILES string of the molecule is c1ccc(C2=Nc3nc(-c4ccccc4)nc4nc(-c5cccc(-c6cc7c8c(c6)N(c6ccc(-c9ccccc9)cc6)c6ccc(-c9ccccc9)cc6B8c6cc(-c8ccccc8)ccc6N7c6ccc(-c7ccccc7)cc6)c5)nc([n+]34)N2)cc1. The van der Waals surface area contributed by atoms with E-state index in [0.717, 1.165) is 84.2 Å². The molecule has 0 bridgehead atoms. The number of nitrogens with one attached hydrogen (secondary N) is 1. The lowest BCUT2D eigenvalue weighted by Crippen LogP contribution is -2.61. The Bertz CT molecular complexity index is 4830. The lowest BCUT2D eigenvalue weighted by Gasteiger charge is -2.44. The Kier molecular flexibility index (Phi) is 12.1. The second kappa shape index (κ2) is 21.0. The molecular weight excluding hydrogens is 1070 g/mol. The number of hydrogen-bond donors (Lipinski definition) is 1. The topological polar surface area (TPSA) is 86.5 Å². The molecule has 10 heteroatoms. The standard InChI is InChI=1S/C78H50BN9/c1-7-20-51(21-8-1)55-34-40-64(41-35-55)86-68-44-38-60(53-24-11-3-12-25-53)47-66(68)79-67-48-61(54-26-13-4-14-27-54)39-45-69(67)87(65-42-36-56(37-43-65)52-22-9-2-10-23-52)71-50-63(49-70(86)72(71)79)59-32-19-33-62(46-59)75-84-77-82-73(57-28-15-5-16-29-57)80-76-81-74(58-30-17-6-18-31-58)83-78(85-75)88(76)77/h1-50H/p+1. The number of anilines is 7. The van der Waals surface area contributed by atoms with E-state index in [4.69, 9.17) is 24.9 Å². The second-order valence-electron chi connectivity index (χ2n) is 22.4. The number of rotatable bonds is 10. The van der Waals surface area contributed by atoms with Crippen LogP contribution in [0, 0.1) is 0 Å². The third-order valence-electron chi connectivity index (χ3n) is 17.2. The van der Waals surface area contributed by atoms with Crippen LogP contribution in [0.4, 0.5) is 46.0 Å². The number of aliphatic imine (C=N–C) groups is 1. The number of amidine groups is 1. The van der Waals surface area contributed by atoms with E-state index in [2.05, 4.69) is 258 Å². The molecule has 0 unspecified atom stereocenters. The molecule has 0 atom stereocenters. The summed E-state index contributed by atoms with van der Waals surface area (Å²) in [6, 6.07) is 109. The quantitative estimate of drug-likeness (QED) is 0.108. The van der Waals surface area contributed by atoms with Gasteiger partial charge in [-0.05, 0) is 157 Å². The molecule has 0 amide bonds. The van der Waals surface area contributed by atoms with Gasteiger partial charge in [0.1, 0.15) is 0 Å². The maximum absolute atomic E-state index is 5.27. The fourth-order valence-electron chi connectivity index (χ4n) is 13.0. The summed E-state index contributed by atoms with van der Waals surface area (Å²) in [5, 5.41) is 3.53. The van der Waals surface area contributed by atoms with Crippen LogP contribution in [0.5, 0.6) is 0 Å². The molecule has 410 valence electrons. The number of nitrogens with zero attached hydrogens (tertiary/aromatic N) is 8. The Morgan fingerprint density at radius 2 is 0.682 bits per heavy atom. The molecule has 0 saturated carbocycles. The minimum Gasteiger partial charge on any atom is -0.311 e. The van der Waals surface area contributed by atoms with Crippen LogP contribution in [-0.2, 0) is 0 Å². The van der Waals surface area contributed by atoms with Crippen molar-refractivity contribution in [1.29, 1.82) is 0 Å². The van der Waals surface area contributed by atoms with Gasteiger partial charge in [-0.2, -0.15) is 4.40 Å². The van der Waals surface area contributed by atoms with Crippen LogP contribution >= 0.6 is 0 Å². The van der Waals surface area contributed by atoms with Gasteiger partial charge >= 0.3 is 17.7 Å². The van der Waals surface area contributed by atoms with E-state index in [1.54, 1.807) is 4.40 Å². The lowest BCUT2D eigenvalue weighted by molar-refractivity contribution is -0.494. The normalized spacial score (nSPS) is 12.6. The first kappa shape index (κ1) is 50.6. The fraction of sp³-hybridized carbons (Fsp3) is 0. The van der Waals surface area contributed by atoms with Crippen molar-refractivity contribution in [2.75, 3.05) is 15.1 Å². The summed E-state index contributed by atoms with van der Waals surface area (Å²) >= 11 is 0. The first-order chi connectivity index (χ1) is 43.6. The molecule has 5 heterocycles. The first-order valence-electron chi connectivity index (χ1n) is 29.7. The third kappa shape index (κ3) is 8.81. The van der Waals surface area contributed by atoms with Crippen molar-refractivity contribution < 1.29 is 4.40 Å². The molecule has 14 aromatic rings. The number of fused-ring (bicyclic) bond motifs is 4. The molecule has 0 spiro atoms. The third-order valence-corrected chi connectivity index (χ3v) is 17.2. The molecule has 0 aliphatic carbocycles. The largest absolute Gasteiger partial charge is 0.334 e. The molecule has 0 radical (unpaired) electrons. The van der Waals surface area contributed by atoms with Gasteiger partial charge in [-0.1, -0.05) is 218 Å². The summed E-state index contributed by atoms with van der Waals surface area (Å²) in [7, 11) is 0. The van der Waals surface area contributed by atoms with Gasteiger partial charge in [0.05, 0.1) is 0 Å². The Balaban J connectivity index is 0.900. The Morgan fingerprint density at radius 3 is 1.17 bits per heavy atom. The molecule has 0 fully saturated rings. The number of aromatic nitrogens is 5. The monoisotopic (exact) mass is 1120 g/mol. The zero-order valence-corrected chi connectivity index (χ0v) is 47.5. The first-order valence-corrected chi connectivity index (χ1v) is 29.7. The number of hydrogen-bond acceptors (Lipinski definition) is 8. The van der Waals surface area contributed by atoms with Gasteiger partial charge < -0.3 is 9.80 Å². The smallest absolute Gasteiger partial charge is 0.311 e. The van der Waals surface area contributed by atoms with Crippen molar-refractivity contribution in [3.05, 3.63) is 309 Å². The summed E-state index contributed by atoms with van der Waals surface area (Å²) in [5.74, 6) is 3.04. The summed E-state index contributed by atoms with van der Waals surface area (Å²) in [5.41, 5.74) is 24.2. The lowest BCUT2D eigenvalue weighted by atomic mass is 9.33. The van der Waals surface area contributed by atoms with Crippen LogP contribution in [0.3, 0.4) is 0 Å². The van der Waals surface area contributed by atoms with E-state index in [9.17, 15) is 0 Å². The minimum atomic E-state index is -0.160. The van der Waals surface area contributed by atoms with Gasteiger partial charge in [0, 0.05) is 50.8 Å². The summed E-state index contributed by atoms with van der Waals surface area (Å²) in [6.45, 7) is -0.160. The molecule has 3 aliphatic heterocycles. The van der Waals surface area contributed by atoms with E-state index < -0.39 is 0 Å². The summed E-state index contributed by atoms with van der Waals surface area (Å²) in [4.78, 5) is 30.6. The highest BCUT2D eigenvalue weighted by Gasteiger charge is 2.44. The van der Waals surface area contributed by atoms with Gasteiger partial charge in [0.15, 0.2) is 0 Å². The predicted molar refractivity (Wildman–Crippen MR) is 359 cm³/mol. The van der Waals surface area contributed by atoms with Gasteiger partial charge in [0.2, 0.25) is 17.5 Å². The van der Waals surface area contributed by atoms with E-state index in [-0.39, 0.29) is 6.71 Å². The highest BCUT2D eigenvalue weighted by atomic mass is 15.4. The Labute approximate surface area is 509 Å².